The third kappa shape index (κ3) is 8.22. The maximum Gasteiger partial charge on any atom is 0.0568 e. The zero-order valence-electron chi connectivity index (χ0n) is 19.9. The lowest BCUT2D eigenvalue weighted by molar-refractivity contribution is 0.304. The van der Waals surface area contributed by atoms with Gasteiger partial charge in [-0.05, 0) is 85.5 Å². The van der Waals surface area contributed by atoms with E-state index in [1.54, 1.807) is 0 Å². The van der Waals surface area contributed by atoms with Crippen LogP contribution in [0.4, 0.5) is 0 Å². The van der Waals surface area contributed by atoms with E-state index < -0.39 is 0 Å². The van der Waals surface area contributed by atoms with Gasteiger partial charge in [0.05, 0.1) is 12.4 Å². The molecule has 2 heteroatoms. The van der Waals surface area contributed by atoms with Gasteiger partial charge in [-0.15, -0.1) is 6.58 Å². The second kappa shape index (κ2) is 13.8. The molecule has 0 amide bonds. The molecule has 2 aromatic rings. The van der Waals surface area contributed by atoms with Crippen molar-refractivity contribution in [2.24, 2.45) is 16.1 Å². The Morgan fingerprint density at radius 2 is 1.44 bits per heavy atom. The predicted octanol–water partition coefficient (Wildman–Crippen LogP) is 8.50. The van der Waals surface area contributed by atoms with Crippen LogP contribution >= 0.6 is 0 Å². The summed E-state index contributed by atoms with van der Waals surface area (Å²) < 4.78 is 0. The zero-order chi connectivity index (χ0) is 22.4. The Labute approximate surface area is 195 Å². The lowest BCUT2D eigenvalue weighted by Crippen LogP contribution is -2.13. The molecule has 3 rings (SSSR count). The van der Waals surface area contributed by atoms with Crippen molar-refractivity contribution in [2.45, 2.75) is 83.5 Å². The van der Waals surface area contributed by atoms with E-state index in [0.29, 0.717) is 0 Å². The first-order valence-corrected chi connectivity index (χ1v) is 12.6. The fourth-order valence-electron chi connectivity index (χ4n) is 4.72. The SMILES string of the molecule is C=CCCCCc1ccc(/C=N/N=C/c2ccc(C3CCC(CCCC)CC3)cc2)cc1. The molecule has 0 N–H and O–H groups in total. The summed E-state index contributed by atoms with van der Waals surface area (Å²) in [6.07, 6.45) is 20.0. The number of aryl methyl sites for hydroxylation is 1. The smallest absolute Gasteiger partial charge is 0.0568 e. The molecule has 2 aromatic carbocycles. The van der Waals surface area contributed by atoms with Gasteiger partial charge < -0.3 is 0 Å². The van der Waals surface area contributed by atoms with Gasteiger partial charge in [0, 0.05) is 0 Å². The molecule has 0 radical (unpaired) electrons. The minimum absolute atomic E-state index is 0.738. The van der Waals surface area contributed by atoms with Gasteiger partial charge in [0.2, 0.25) is 0 Å². The average molecular weight is 429 g/mol. The molecular weight excluding hydrogens is 388 g/mol. The Morgan fingerprint density at radius 1 is 0.812 bits per heavy atom. The minimum atomic E-state index is 0.738. The summed E-state index contributed by atoms with van der Waals surface area (Å²) in [4.78, 5) is 0. The highest BCUT2D eigenvalue weighted by Gasteiger charge is 2.21. The van der Waals surface area contributed by atoms with E-state index in [1.165, 1.54) is 68.9 Å². The molecule has 0 bridgehead atoms. The van der Waals surface area contributed by atoms with Crippen molar-refractivity contribution in [1.29, 1.82) is 0 Å². The van der Waals surface area contributed by atoms with Crippen LogP contribution in [-0.2, 0) is 6.42 Å². The van der Waals surface area contributed by atoms with E-state index in [1.807, 2.05) is 18.5 Å². The molecular formula is C30H40N2. The average Bonchev–Trinajstić information content (AvgIpc) is 2.85. The van der Waals surface area contributed by atoms with E-state index in [9.17, 15) is 0 Å². The van der Waals surface area contributed by atoms with Crippen LogP contribution in [0.25, 0.3) is 0 Å². The summed E-state index contributed by atoms with van der Waals surface area (Å²) in [6.45, 7) is 6.08. The van der Waals surface area contributed by atoms with Crippen LogP contribution in [0.5, 0.6) is 0 Å². The van der Waals surface area contributed by atoms with Gasteiger partial charge >= 0.3 is 0 Å². The zero-order valence-corrected chi connectivity index (χ0v) is 19.9. The molecule has 0 aliphatic heterocycles. The van der Waals surface area contributed by atoms with Gasteiger partial charge in [-0.2, -0.15) is 10.2 Å². The van der Waals surface area contributed by atoms with Crippen LogP contribution < -0.4 is 0 Å². The Morgan fingerprint density at radius 3 is 2.03 bits per heavy atom. The predicted molar refractivity (Wildman–Crippen MR) is 140 cm³/mol. The van der Waals surface area contributed by atoms with Crippen molar-refractivity contribution >= 4 is 12.4 Å². The van der Waals surface area contributed by atoms with E-state index in [4.69, 9.17) is 0 Å². The number of hydrogen-bond donors (Lipinski definition) is 0. The van der Waals surface area contributed by atoms with Gasteiger partial charge in [0.25, 0.3) is 0 Å². The third-order valence-electron chi connectivity index (χ3n) is 6.80. The fraction of sp³-hybridized carbons (Fsp3) is 0.467. The Bertz CT molecular complexity index is 837. The topological polar surface area (TPSA) is 24.7 Å². The number of nitrogens with zero attached hydrogens (tertiary/aromatic N) is 2. The minimum Gasteiger partial charge on any atom is -0.159 e. The quantitative estimate of drug-likeness (QED) is 0.140. The highest BCUT2D eigenvalue weighted by atomic mass is 15.2. The Kier molecular flexibility index (Phi) is 10.4. The molecule has 1 aliphatic rings. The highest BCUT2D eigenvalue weighted by molar-refractivity contribution is 5.82. The third-order valence-corrected chi connectivity index (χ3v) is 6.80. The molecule has 0 heterocycles. The van der Waals surface area contributed by atoms with Crippen LogP contribution in [0.2, 0.25) is 0 Å². The van der Waals surface area contributed by atoms with Gasteiger partial charge in [-0.25, -0.2) is 0 Å². The fourth-order valence-corrected chi connectivity index (χ4v) is 4.72. The van der Waals surface area contributed by atoms with Crippen molar-refractivity contribution in [2.75, 3.05) is 0 Å². The van der Waals surface area contributed by atoms with Crippen molar-refractivity contribution in [3.63, 3.8) is 0 Å². The van der Waals surface area contributed by atoms with E-state index in [2.05, 4.69) is 72.2 Å². The summed E-state index contributed by atoms with van der Waals surface area (Å²) in [5, 5.41) is 8.48. The summed E-state index contributed by atoms with van der Waals surface area (Å²) in [5.41, 5.74) is 5.06. The van der Waals surface area contributed by atoms with E-state index in [0.717, 1.165) is 35.8 Å². The molecule has 0 unspecified atom stereocenters. The molecule has 1 aliphatic carbocycles. The van der Waals surface area contributed by atoms with Crippen LogP contribution in [0, 0.1) is 5.92 Å². The maximum atomic E-state index is 4.25. The molecule has 1 fully saturated rings. The first-order chi connectivity index (χ1) is 15.8. The lowest BCUT2D eigenvalue weighted by Gasteiger charge is -2.28. The summed E-state index contributed by atoms with van der Waals surface area (Å²) in [7, 11) is 0. The number of allylic oxidation sites excluding steroid dienone is 1. The van der Waals surface area contributed by atoms with Crippen LogP contribution in [-0.4, -0.2) is 12.4 Å². The number of rotatable bonds is 12. The number of benzene rings is 2. The van der Waals surface area contributed by atoms with Crippen molar-refractivity contribution in [3.8, 4) is 0 Å². The largest absolute Gasteiger partial charge is 0.159 e. The molecule has 170 valence electrons. The molecule has 2 nitrogen and oxygen atoms in total. The standard InChI is InChI=1S/C30H40N2/c1-3-5-7-8-10-26-11-13-27(14-12-26)23-31-32-24-28-17-21-30(22-18-28)29-19-15-25(16-20-29)9-6-4-2/h3,11-14,17-18,21-25,29H,1,4-10,15-16,19-20H2,2H3/b31-23+,32-24+. The van der Waals surface area contributed by atoms with Crippen molar-refractivity contribution in [3.05, 3.63) is 83.4 Å². The van der Waals surface area contributed by atoms with Gasteiger partial charge in [-0.1, -0.05) is 80.8 Å². The summed E-state index contributed by atoms with van der Waals surface area (Å²) in [5.74, 6) is 1.70. The van der Waals surface area contributed by atoms with Crippen molar-refractivity contribution in [1.82, 2.24) is 0 Å². The lowest BCUT2D eigenvalue weighted by atomic mass is 9.77. The molecule has 0 aromatic heterocycles. The second-order valence-corrected chi connectivity index (χ2v) is 9.29. The summed E-state index contributed by atoms with van der Waals surface area (Å²) in [6, 6.07) is 17.5. The molecule has 0 saturated heterocycles. The van der Waals surface area contributed by atoms with Crippen LogP contribution in [0.3, 0.4) is 0 Å². The molecule has 0 atom stereocenters. The Hall–Kier alpha value is -2.48. The molecule has 1 saturated carbocycles. The summed E-state index contributed by atoms with van der Waals surface area (Å²) >= 11 is 0. The van der Waals surface area contributed by atoms with Gasteiger partial charge in [0.1, 0.15) is 0 Å². The van der Waals surface area contributed by atoms with Crippen LogP contribution in [0.1, 0.15) is 99.3 Å². The highest BCUT2D eigenvalue weighted by Crippen LogP contribution is 2.37. The number of hydrogen-bond acceptors (Lipinski definition) is 2. The van der Waals surface area contributed by atoms with Crippen molar-refractivity contribution < 1.29 is 0 Å². The molecule has 32 heavy (non-hydrogen) atoms. The number of unbranched alkanes of at least 4 members (excludes halogenated alkanes) is 3. The maximum absolute atomic E-state index is 4.25. The van der Waals surface area contributed by atoms with Crippen LogP contribution in [0.15, 0.2) is 71.4 Å². The monoisotopic (exact) mass is 428 g/mol. The van der Waals surface area contributed by atoms with E-state index >= 15 is 0 Å². The second-order valence-electron chi connectivity index (χ2n) is 9.29. The first kappa shape index (κ1) is 24.2. The Balaban J connectivity index is 1.43. The van der Waals surface area contributed by atoms with E-state index in [-0.39, 0.29) is 0 Å². The molecule has 0 spiro atoms. The van der Waals surface area contributed by atoms with Gasteiger partial charge in [-0.3, -0.25) is 0 Å². The first-order valence-electron chi connectivity index (χ1n) is 12.6. The normalized spacial score (nSPS) is 19.0. The van der Waals surface area contributed by atoms with Gasteiger partial charge in [0.15, 0.2) is 0 Å².